The molecule has 1 aliphatic carbocycles. The number of rotatable bonds is 8. The van der Waals surface area contributed by atoms with Crippen LogP contribution in [-0.2, 0) is 32.6 Å². The third-order valence-electron chi connectivity index (χ3n) is 7.71. The SMILES string of the molecule is Cc1ccc(S(=O)(=O)N2C=CNC(=O)C2CC(=O)NC2CCCc3c2cnn3CCN2CCCCC2)cc1. The number of hydrogen-bond donors (Lipinski definition) is 2. The lowest BCUT2D eigenvalue weighted by Crippen LogP contribution is -2.51. The number of fused-ring (bicyclic) bond motifs is 1. The van der Waals surface area contributed by atoms with Gasteiger partial charge in [0.15, 0.2) is 0 Å². The summed E-state index contributed by atoms with van der Waals surface area (Å²) >= 11 is 0. The van der Waals surface area contributed by atoms with Gasteiger partial charge >= 0.3 is 0 Å². The lowest BCUT2D eigenvalue weighted by Gasteiger charge is -2.32. The summed E-state index contributed by atoms with van der Waals surface area (Å²) in [6.07, 6.45) is 10.6. The van der Waals surface area contributed by atoms with Gasteiger partial charge in [-0.25, -0.2) is 8.42 Å². The van der Waals surface area contributed by atoms with Crippen molar-refractivity contribution in [3.05, 3.63) is 59.7 Å². The number of benzene rings is 1. The predicted octanol–water partition coefficient (Wildman–Crippen LogP) is 2.22. The lowest BCUT2D eigenvalue weighted by molar-refractivity contribution is -0.129. The molecule has 204 valence electrons. The summed E-state index contributed by atoms with van der Waals surface area (Å²) in [6.45, 7) is 5.95. The second kappa shape index (κ2) is 11.3. The number of nitrogens with one attached hydrogen (secondary N) is 2. The molecule has 2 N–H and O–H groups in total. The largest absolute Gasteiger partial charge is 0.349 e. The molecule has 38 heavy (non-hydrogen) atoms. The summed E-state index contributed by atoms with van der Waals surface area (Å²) < 4.78 is 29.7. The maximum atomic E-state index is 13.3. The fourth-order valence-electron chi connectivity index (χ4n) is 5.58. The Balaban J connectivity index is 1.26. The lowest BCUT2D eigenvalue weighted by atomic mass is 9.92. The van der Waals surface area contributed by atoms with Crippen molar-refractivity contribution in [3.63, 3.8) is 0 Å². The molecule has 2 aromatic rings. The van der Waals surface area contributed by atoms with Crippen LogP contribution in [0.5, 0.6) is 0 Å². The second-order valence-electron chi connectivity index (χ2n) is 10.4. The van der Waals surface area contributed by atoms with Crippen LogP contribution in [0.15, 0.2) is 47.8 Å². The standard InChI is InChI=1S/C27H36N6O4S/c1-20-8-10-21(11-9-20)38(36,37)33-15-12-28-27(35)25(33)18-26(34)30-23-6-5-7-24-22(23)19-29-32(24)17-16-31-13-3-2-4-14-31/h8-12,15,19,23,25H,2-7,13-14,16-18H2,1H3,(H,28,35)(H,30,34). The van der Waals surface area contributed by atoms with Crippen LogP contribution >= 0.6 is 0 Å². The van der Waals surface area contributed by atoms with E-state index in [1.54, 1.807) is 12.1 Å². The summed E-state index contributed by atoms with van der Waals surface area (Å²) in [5, 5.41) is 10.2. The molecule has 2 unspecified atom stereocenters. The third-order valence-corrected chi connectivity index (χ3v) is 9.51. The summed E-state index contributed by atoms with van der Waals surface area (Å²) in [5.41, 5.74) is 3.09. The Labute approximate surface area is 224 Å². The van der Waals surface area contributed by atoms with E-state index in [9.17, 15) is 18.0 Å². The molecule has 3 heterocycles. The molecule has 1 aromatic carbocycles. The zero-order valence-corrected chi connectivity index (χ0v) is 22.6. The molecule has 0 saturated carbocycles. The smallest absolute Gasteiger partial charge is 0.264 e. The van der Waals surface area contributed by atoms with Gasteiger partial charge in [-0.1, -0.05) is 24.1 Å². The first-order chi connectivity index (χ1) is 18.3. The van der Waals surface area contributed by atoms with Crippen molar-refractivity contribution in [2.45, 2.75) is 75.4 Å². The average molecular weight is 541 g/mol. The highest BCUT2D eigenvalue weighted by molar-refractivity contribution is 7.89. The highest BCUT2D eigenvalue weighted by Gasteiger charge is 2.37. The number of aryl methyl sites for hydroxylation is 1. The average Bonchev–Trinajstić information content (AvgIpc) is 3.33. The number of sulfonamides is 1. The molecule has 10 nitrogen and oxygen atoms in total. The van der Waals surface area contributed by atoms with Crippen molar-refractivity contribution >= 4 is 21.8 Å². The Morgan fingerprint density at radius 1 is 1.11 bits per heavy atom. The van der Waals surface area contributed by atoms with Crippen LogP contribution in [0, 0.1) is 6.92 Å². The molecule has 2 amide bonds. The van der Waals surface area contributed by atoms with E-state index in [1.807, 2.05) is 13.1 Å². The van der Waals surface area contributed by atoms with Gasteiger partial charge in [0.25, 0.3) is 10.0 Å². The van der Waals surface area contributed by atoms with E-state index in [1.165, 1.54) is 43.8 Å². The quantitative estimate of drug-likeness (QED) is 0.531. The van der Waals surface area contributed by atoms with Crippen molar-refractivity contribution in [2.24, 2.45) is 0 Å². The van der Waals surface area contributed by atoms with Gasteiger partial charge in [0, 0.05) is 30.2 Å². The van der Waals surface area contributed by atoms with E-state index >= 15 is 0 Å². The normalized spacial score (nSPS) is 22.1. The second-order valence-corrected chi connectivity index (χ2v) is 12.2. The summed E-state index contributed by atoms with van der Waals surface area (Å²) in [7, 11) is -4.01. The molecule has 0 radical (unpaired) electrons. The maximum Gasteiger partial charge on any atom is 0.264 e. The third kappa shape index (κ3) is 5.63. The number of amides is 2. The molecule has 5 rings (SSSR count). The first-order valence-electron chi connectivity index (χ1n) is 13.5. The summed E-state index contributed by atoms with van der Waals surface area (Å²) in [6, 6.07) is 5.04. The number of aromatic nitrogens is 2. The van der Waals surface area contributed by atoms with Gasteiger partial charge in [0.05, 0.1) is 30.1 Å². The van der Waals surface area contributed by atoms with E-state index in [0.29, 0.717) is 0 Å². The Morgan fingerprint density at radius 2 is 1.87 bits per heavy atom. The van der Waals surface area contributed by atoms with E-state index in [4.69, 9.17) is 0 Å². The number of hydrogen-bond acceptors (Lipinski definition) is 6. The van der Waals surface area contributed by atoms with Gasteiger partial charge in [0.1, 0.15) is 6.04 Å². The zero-order valence-electron chi connectivity index (χ0n) is 21.8. The molecule has 0 spiro atoms. The Bertz CT molecular complexity index is 1300. The number of piperidine rings is 1. The first-order valence-corrected chi connectivity index (χ1v) is 14.9. The Kier molecular flexibility index (Phi) is 7.85. The minimum atomic E-state index is -4.01. The van der Waals surface area contributed by atoms with E-state index in [-0.39, 0.29) is 23.3 Å². The highest BCUT2D eigenvalue weighted by Crippen LogP contribution is 2.30. The van der Waals surface area contributed by atoms with Gasteiger partial charge in [0.2, 0.25) is 11.8 Å². The van der Waals surface area contributed by atoms with Crippen LogP contribution < -0.4 is 10.6 Å². The van der Waals surface area contributed by atoms with Crippen LogP contribution in [-0.4, -0.2) is 64.9 Å². The van der Waals surface area contributed by atoms with Crippen LogP contribution in [0.1, 0.15) is 61.4 Å². The Hall–Kier alpha value is -3.18. The van der Waals surface area contributed by atoms with Crippen LogP contribution in [0.2, 0.25) is 0 Å². The maximum absolute atomic E-state index is 13.3. The fourth-order valence-corrected chi connectivity index (χ4v) is 7.03. The number of nitrogens with zero attached hydrogens (tertiary/aromatic N) is 4. The van der Waals surface area contributed by atoms with Gasteiger partial charge in [-0.05, 0) is 64.3 Å². The molecule has 3 aliphatic rings. The van der Waals surface area contributed by atoms with Gasteiger partial charge in [-0.3, -0.25) is 18.6 Å². The molecule has 1 aromatic heterocycles. The highest BCUT2D eigenvalue weighted by atomic mass is 32.2. The van der Waals surface area contributed by atoms with Gasteiger partial charge < -0.3 is 15.5 Å². The van der Waals surface area contributed by atoms with Crippen LogP contribution in [0.25, 0.3) is 0 Å². The topological polar surface area (TPSA) is 117 Å². The summed E-state index contributed by atoms with van der Waals surface area (Å²) in [5.74, 6) is -0.906. The van der Waals surface area contributed by atoms with E-state index in [2.05, 4.69) is 25.3 Å². The van der Waals surface area contributed by atoms with Crippen molar-refractivity contribution < 1.29 is 18.0 Å². The van der Waals surface area contributed by atoms with Crippen molar-refractivity contribution in [1.29, 1.82) is 0 Å². The zero-order chi connectivity index (χ0) is 26.7. The number of carbonyl (C=O) groups excluding carboxylic acids is 2. The molecular formula is C27H36N6O4S. The van der Waals surface area contributed by atoms with E-state index < -0.39 is 22.0 Å². The molecule has 0 bridgehead atoms. The first kappa shape index (κ1) is 26.4. The fraction of sp³-hybridized carbons (Fsp3) is 0.519. The number of carbonyl (C=O) groups is 2. The predicted molar refractivity (Wildman–Crippen MR) is 142 cm³/mol. The van der Waals surface area contributed by atoms with Gasteiger partial charge in [-0.2, -0.15) is 5.10 Å². The molecule has 1 saturated heterocycles. The molecule has 2 aliphatic heterocycles. The molecular weight excluding hydrogens is 504 g/mol. The molecule has 2 atom stereocenters. The van der Waals surface area contributed by atoms with Crippen molar-refractivity contribution in [2.75, 3.05) is 19.6 Å². The summed E-state index contributed by atoms with van der Waals surface area (Å²) in [4.78, 5) is 28.4. The number of likely N-dealkylation sites (tertiary alicyclic amines) is 1. The van der Waals surface area contributed by atoms with Crippen molar-refractivity contribution in [1.82, 2.24) is 29.6 Å². The van der Waals surface area contributed by atoms with Crippen LogP contribution in [0.3, 0.4) is 0 Å². The molecule has 1 fully saturated rings. The Morgan fingerprint density at radius 3 is 2.63 bits per heavy atom. The van der Waals surface area contributed by atoms with Crippen LogP contribution in [0.4, 0.5) is 0 Å². The van der Waals surface area contributed by atoms with E-state index in [0.717, 1.165) is 66.6 Å². The van der Waals surface area contributed by atoms with Gasteiger partial charge in [-0.15, -0.1) is 0 Å². The molecule has 11 heteroatoms. The minimum absolute atomic E-state index is 0.0711. The minimum Gasteiger partial charge on any atom is -0.349 e. The monoisotopic (exact) mass is 540 g/mol. The van der Waals surface area contributed by atoms with Crippen molar-refractivity contribution in [3.8, 4) is 0 Å².